The molecule has 0 bridgehead atoms. The minimum atomic E-state index is -0.797. The van der Waals surface area contributed by atoms with Gasteiger partial charge in [0.15, 0.2) is 0 Å². The Hall–Kier alpha value is -7.07. The number of hydrogen-bond donors (Lipinski definition) is 1. The number of rotatable bonds is 61. The maximum absolute atomic E-state index is 13.1. The summed E-state index contributed by atoms with van der Waals surface area (Å²) in [4.78, 5) is 71.9. The number of aliphatic hydroxyl groups is 1. The Kier molecular flexibility index (Phi) is 55.1. The number of carbonyl (C=O) groups is 6. The molecule has 0 aliphatic heterocycles. The van der Waals surface area contributed by atoms with Crippen molar-refractivity contribution in [3.8, 4) is 0 Å². The molecule has 0 spiro atoms. The van der Waals surface area contributed by atoms with Crippen molar-refractivity contribution in [3.05, 3.63) is 213 Å². The zero-order valence-corrected chi connectivity index (χ0v) is 62.5. The number of carbonyl (C=O) groups excluding carboxylic acids is 6. The molecule has 0 saturated heterocycles. The van der Waals surface area contributed by atoms with E-state index in [1.807, 2.05) is 121 Å². The van der Waals surface area contributed by atoms with E-state index in [1.54, 1.807) is 0 Å². The molecule has 0 aliphatic carbocycles. The van der Waals surface area contributed by atoms with Crippen LogP contribution in [0.1, 0.15) is 84.4 Å². The van der Waals surface area contributed by atoms with Gasteiger partial charge in [0, 0.05) is 16.7 Å². The second-order valence-corrected chi connectivity index (χ2v) is 23.1. The van der Waals surface area contributed by atoms with Crippen molar-refractivity contribution in [1.82, 2.24) is 0 Å². The van der Waals surface area contributed by atoms with Crippen molar-refractivity contribution >= 4 is 68.4 Å². The first-order valence-electron chi connectivity index (χ1n) is 34.8. The standard InChI is InChI=1S/C54H72O18.C15H24O5.C9H3Cl3O3/c55-52(70-37-34-64-25-22-58-16-19-61-28-31-67-43-46-10-4-1-5-11-46)49-40-50(53(56)71-38-35-65-26-23-59-17-20-62-29-32-68-44-47-12-6-2-7-13-47)42-51(41-49)54(57)72-39-36-66-27-24-60-18-21-63-30-33-69-45-48-14-8-3-9-15-48;16-6-7-17-8-9-18-10-11-19-12-13-20-14-15-4-2-1-3-5-15;10-7(13)4-1-5(8(11)14)3-6(2-4)9(12)15/h1-15,40-42H,16-39,43-45H2;1-5,16H,6-14H2;1-3H. The lowest BCUT2D eigenvalue weighted by Crippen LogP contribution is -2.18. The van der Waals surface area contributed by atoms with Gasteiger partial charge in [0.05, 0.1) is 235 Å². The summed E-state index contributed by atoms with van der Waals surface area (Å²) in [6.07, 6.45) is 0. The molecule has 26 nitrogen and oxygen atoms in total. The van der Waals surface area contributed by atoms with Crippen LogP contribution in [-0.4, -0.2) is 250 Å². The van der Waals surface area contributed by atoms with Crippen LogP contribution in [0.2, 0.25) is 0 Å². The fourth-order valence-corrected chi connectivity index (χ4v) is 8.87. The number of ether oxygens (including phenoxy) is 19. The molecule has 6 rings (SSSR count). The molecule has 107 heavy (non-hydrogen) atoms. The first kappa shape index (κ1) is 92.3. The van der Waals surface area contributed by atoms with Crippen LogP contribution in [0.3, 0.4) is 0 Å². The summed E-state index contributed by atoms with van der Waals surface area (Å²) < 4.78 is 104. The van der Waals surface area contributed by atoms with E-state index in [4.69, 9.17) is 130 Å². The van der Waals surface area contributed by atoms with Gasteiger partial charge in [0.1, 0.15) is 19.8 Å². The highest BCUT2D eigenvalue weighted by atomic mass is 35.5. The van der Waals surface area contributed by atoms with Crippen LogP contribution < -0.4 is 0 Å². The van der Waals surface area contributed by atoms with Crippen LogP contribution >= 0.6 is 34.8 Å². The van der Waals surface area contributed by atoms with Crippen molar-refractivity contribution < 1.29 is 124 Å². The molecule has 0 unspecified atom stereocenters. The lowest BCUT2D eigenvalue weighted by molar-refractivity contribution is -0.0106. The third-order valence-corrected chi connectivity index (χ3v) is 14.4. The fraction of sp³-hybridized carbons (Fsp3) is 0.462. The molecule has 1 N–H and O–H groups in total. The molecule has 0 fully saturated rings. The molecule has 588 valence electrons. The minimum absolute atomic E-state index is 0.00725. The molecule has 0 radical (unpaired) electrons. The number of halogens is 3. The van der Waals surface area contributed by atoms with Crippen LogP contribution in [0.25, 0.3) is 0 Å². The summed E-state index contributed by atoms with van der Waals surface area (Å²) in [5, 5.41) is 6.09. The third-order valence-electron chi connectivity index (χ3n) is 13.8. The first-order chi connectivity index (χ1) is 52.4. The average Bonchev–Trinajstić information content (AvgIpc) is 0.855. The van der Waals surface area contributed by atoms with Crippen LogP contribution in [0.5, 0.6) is 0 Å². The van der Waals surface area contributed by atoms with Crippen LogP contribution in [0.4, 0.5) is 0 Å². The molecule has 0 aliphatic rings. The Balaban J connectivity index is 0.000000558. The second kappa shape index (κ2) is 63.8. The van der Waals surface area contributed by atoms with Crippen LogP contribution in [0.15, 0.2) is 158 Å². The van der Waals surface area contributed by atoms with E-state index in [-0.39, 0.29) is 99.4 Å². The number of hydrogen-bond acceptors (Lipinski definition) is 26. The quantitative estimate of drug-likeness (QED) is 0.0161. The molecule has 0 aromatic heterocycles. The van der Waals surface area contributed by atoms with Gasteiger partial charge >= 0.3 is 17.9 Å². The monoisotopic (exact) mass is 1560 g/mol. The van der Waals surface area contributed by atoms with E-state index in [9.17, 15) is 28.8 Å². The van der Waals surface area contributed by atoms with E-state index < -0.39 is 33.6 Å². The highest BCUT2D eigenvalue weighted by Crippen LogP contribution is 2.18. The van der Waals surface area contributed by atoms with Crippen molar-refractivity contribution in [3.63, 3.8) is 0 Å². The highest BCUT2D eigenvalue weighted by Gasteiger charge is 2.20. The Morgan fingerprint density at radius 3 is 0.551 bits per heavy atom. The van der Waals surface area contributed by atoms with Gasteiger partial charge in [-0.15, -0.1) is 0 Å². The molecule has 0 amide bonds. The highest BCUT2D eigenvalue weighted by molar-refractivity contribution is 6.70. The molecule has 29 heteroatoms. The summed E-state index contributed by atoms with van der Waals surface area (Å²) in [6, 6.07) is 47.2. The lowest BCUT2D eigenvalue weighted by atomic mass is 10.1. The van der Waals surface area contributed by atoms with Gasteiger partial charge in [-0.3, -0.25) is 14.4 Å². The summed E-state index contributed by atoms with van der Waals surface area (Å²) in [5.74, 6) is -2.34. The maximum Gasteiger partial charge on any atom is 0.338 e. The van der Waals surface area contributed by atoms with E-state index in [1.165, 1.54) is 42.0 Å². The van der Waals surface area contributed by atoms with Gasteiger partial charge in [-0.25, -0.2) is 14.4 Å². The van der Waals surface area contributed by atoms with Gasteiger partial charge < -0.3 is 95.1 Å². The normalized spacial score (nSPS) is 10.9. The van der Waals surface area contributed by atoms with Crippen molar-refractivity contribution in [2.45, 2.75) is 26.4 Å². The average molecular weight is 1560 g/mol. The summed E-state index contributed by atoms with van der Waals surface area (Å²) in [5.41, 5.74) is 4.29. The Labute approximate surface area is 640 Å². The topological polar surface area (TPSA) is 298 Å². The van der Waals surface area contributed by atoms with Gasteiger partial charge in [-0.2, -0.15) is 0 Å². The van der Waals surface area contributed by atoms with Crippen molar-refractivity contribution in [2.24, 2.45) is 0 Å². The van der Waals surface area contributed by atoms with E-state index in [2.05, 4.69) is 0 Å². The minimum Gasteiger partial charge on any atom is -0.460 e. The van der Waals surface area contributed by atoms with Gasteiger partial charge in [0.2, 0.25) is 0 Å². The molecule has 0 saturated carbocycles. The van der Waals surface area contributed by atoms with E-state index in [0.29, 0.717) is 172 Å². The molecule has 6 aromatic rings. The summed E-state index contributed by atoms with van der Waals surface area (Å²) in [6.45, 7) is 12.9. The van der Waals surface area contributed by atoms with E-state index >= 15 is 0 Å². The molecule has 0 atom stereocenters. The fourth-order valence-electron chi connectivity index (χ4n) is 8.54. The number of benzene rings is 6. The Morgan fingerprint density at radius 1 is 0.215 bits per heavy atom. The van der Waals surface area contributed by atoms with Crippen LogP contribution in [-0.2, 0) is 116 Å². The zero-order chi connectivity index (χ0) is 76.5. The van der Waals surface area contributed by atoms with Crippen molar-refractivity contribution in [2.75, 3.05) is 211 Å². The number of esters is 3. The van der Waals surface area contributed by atoms with Gasteiger partial charge in [-0.1, -0.05) is 121 Å². The van der Waals surface area contributed by atoms with Crippen molar-refractivity contribution in [1.29, 1.82) is 0 Å². The summed E-state index contributed by atoms with van der Waals surface area (Å²) in [7, 11) is 0. The van der Waals surface area contributed by atoms with Gasteiger partial charge in [-0.05, 0) is 93.5 Å². The first-order valence-corrected chi connectivity index (χ1v) is 36.0. The van der Waals surface area contributed by atoms with Gasteiger partial charge in [0.25, 0.3) is 15.7 Å². The Morgan fingerprint density at radius 2 is 0.374 bits per heavy atom. The molecule has 0 heterocycles. The smallest absolute Gasteiger partial charge is 0.338 e. The molecule has 6 aromatic carbocycles. The maximum atomic E-state index is 13.1. The third kappa shape index (κ3) is 48.9. The zero-order valence-electron chi connectivity index (χ0n) is 60.3. The predicted molar refractivity (Wildman–Crippen MR) is 396 cm³/mol. The van der Waals surface area contributed by atoms with E-state index in [0.717, 1.165) is 16.7 Å². The predicted octanol–water partition coefficient (Wildman–Crippen LogP) is 10.0. The van der Waals surface area contributed by atoms with Crippen LogP contribution in [0, 0.1) is 0 Å². The summed E-state index contributed by atoms with van der Waals surface area (Å²) >= 11 is 15.6. The second-order valence-electron chi connectivity index (χ2n) is 22.1. The SMILES string of the molecule is O=C(Cl)c1cc(C(=O)Cl)cc(C(=O)Cl)c1.O=C(OCCOCCOCCOCCOCc1ccccc1)c1cc(C(=O)OCCOCCOCCOCCOCc2ccccc2)cc(C(=O)OCCOCCOCCOCCOCc2ccccc2)c1.OCCOCCOCCOCCOCc1ccccc1. The Bertz CT molecular complexity index is 2960. The largest absolute Gasteiger partial charge is 0.460 e. The molecular weight excluding hydrogens is 1460 g/mol. The lowest BCUT2D eigenvalue weighted by Gasteiger charge is -2.11. The molecular formula is C78H99Cl3O26. The number of aliphatic hydroxyl groups excluding tert-OH is 1.